The number of hydrogen-bond donors (Lipinski definition) is 1. The van der Waals surface area contributed by atoms with Gasteiger partial charge < -0.3 is 5.11 Å². The second kappa shape index (κ2) is 4.40. The Bertz CT molecular complexity index is 384. The minimum atomic E-state index is -0.690. The quantitative estimate of drug-likeness (QED) is 0.413. The Labute approximate surface area is 81.3 Å². The third-order valence-electron chi connectivity index (χ3n) is 1.50. The Kier molecular flexibility index (Phi) is 3.21. The lowest BCUT2D eigenvalue weighted by Gasteiger charge is -1.91. The van der Waals surface area contributed by atoms with Gasteiger partial charge in [0.2, 0.25) is 0 Å². The average molecular weight is 191 g/mol. The maximum absolute atomic E-state index is 10.3. The molecule has 0 amide bonds. The minimum absolute atomic E-state index is 0.0348. The van der Waals surface area contributed by atoms with E-state index in [0.717, 1.165) is 0 Å². The standard InChI is InChI=1S/C10H9NO3/c1-8(12)2-3-9-4-6-10(7-5-9)11(13)14/h4-8,12H,1H3/t8-/m1/s1. The Morgan fingerprint density at radius 3 is 2.43 bits per heavy atom. The molecule has 0 radical (unpaired) electrons. The van der Waals surface area contributed by atoms with Crippen LogP contribution in [0, 0.1) is 22.0 Å². The van der Waals surface area contributed by atoms with Crippen LogP contribution in [0.25, 0.3) is 0 Å². The SMILES string of the molecule is C[C@@H](O)C#Cc1ccc([N+](=O)[O-])cc1. The van der Waals surface area contributed by atoms with Gasteiger partial charge in [0, 0.05) is 17.7 Å². The van der Waals surface area contributed by atoms with Crippen molar-refractivity contribution in [1.82, 2.24) is 0 Å². The van der Waals surface area contributed by atoms with Crippen LogP contribution in [0.4, 0.5) is 5.69 Å². The zero-order valence-electron chi connectivity index (χ0n) is 7.60. The molecule has 0 aliphatic heterocycles. The Balaban J connectivity index is 2.85. The molecule has 0 aliphatic rings. The summed E-state index contributed by atoms with van der Waals surface area (Å²) in [5.74, 6) is 5.23. The summed E-state index contributed by atoms with van der Waals surface area (Å²) in [4.78, 5) is 9.84. The molecule has 1 rings (SSSR count). The van der Waals surface area contributed by atoms with E-state index in [1.165, 1.54) is 12.1 Å². The number of aliphatic hydroxyl groups excluding tert-OH is 1. The van der Waals surface area contributed by atoms with Crippen molar-refractivity contribution in [2.75, 3.05) is 0 Å². The largest absolute Gasteiger partial charge is 0.381 e. The van der Waals surface area contributed by atoms with Gasteiger partial charge in [-0.05, 0) is 19.1 Å². The molecule has 72 valence electrons. The lowest BCUT2D eigenvalue weighted by Crippen LogP contribution is -1.92. The van der Waals surface area contributed by atoms with Crippen LogP contribution in [0.5, 0.6) is 0 Å². The van der Waals surface area contributed by atoms with Crippen molar-refractivity contribution < 1.29 is 10.0 Å². The molecule has 0 aliphatic carbocycles. The van der Waals surface area contributed by atoms with Crippen LogP contribution >= 0.6 is 0 Å². The molecule has 1 aromatic carbocycles. The van der Waals surface area contributed by atoms with Gasteiger partial charge >= 0.3 is 0 Å². The van der Waals surface area contributed by atoms with Crippen LogP contribution in [-0.2, 0) is 0 Å². The number of non-ortho nitro benzene ring substituents is 1. The minimum Gasteiger partial charge on any atom is -0.381 e. The van der Waals surface area contributed by atoms with E-state index in [1.807, 2.05) is 0 Å². The summed E-state index contributed by atoms with van der Waals surface area (Å²) in [5, 5.41) is 19.2. The molecule has 0 aromatic heterocycles. The summed E-state index contributed by atoms with van der Waals surface area (Å²) >= 11 is 0. The van der Waals surface area contributed by atoms with E-state index in [2.05, 4.69) is 11.8 Å². The molecule has 1 N–H and O–H groups in total. The zero-order chi connectivity index (χ0) is 10.6. The summed E-state index contributed by atoms with van der Waals surface area (Å²) in [5.41, 5.74) is 0.684. The van der Waals surface area contributed by atoms with Gasteiger partial charge in [-0.1, -0.05) is 11.8 Å². The van der Waals surface area contributed by atoms with Gasteiger partial charge in [-0.2, -0.15) is 0 Å². The molecule has 0 unspecified atom stereocenters. The van der Waals surface area contributed by atoms with E-state index in [0.29, 0.717) is 5.56 Å². The summed E-state index contributed by atoms with van der Waals surface area (Å²) in [6, 6.07) is 5.86. The summed E-state index contributed by atoms with van der Waals surface area (Å²) < 4.78 is 0. The number of benzene rings is 1. The van der Waals surface area contributed by atoms with Crippen LogP contribution < -0.4 is 0 Å². The van der Waals surface area contributed by atoms with Gasteiger partial charge in [-0.25, -0.2) is 0 Å². The van der Waals surface area contributed by atoms with Gasteiger partial charge in [0.15, 0.2) is 0 Å². The van der Waals surface area contributed by atoms with Crippen molar-refractivity contribution in [3.05, 3.63) is 39.9 Å². The third-order valence-corrected chi connectivity index (χ3v) is 1.50. The number of nitrogens with zero attached hydrogens (tertiary/aromatic N) is 1. The van der Waals surface area contributed by atoms with Gasteiger partial charge in [0.05, 0.1) is 4.92 Å². The molecule has 0 heterocycles. The van der Waals surface area contributed by atoms with E-state index in [9.17, 15) is 10.1 Å². The maximum atomic E-state index is 10.3. The fourth-order valence-corrected chi connectivity index (χ4v) is 0.854. The monoisotopic (exact) mass is 191 g/mol. The first kappa shape index (κ1) is 10.2. The number of aliphatic hydroxyl groups is 1. The molecule has 4 nitrogen and oxygen atoms in total. The molecular weight excluding hydrogens is 182 g/mol. The molecule has 0 saturated heterocycles. The maximum Gasteiger partial charge on any atom is 0.269 e. The van der Waals surface area contributed by atoms with Crippen molar-refractivity contribution in [3.8, 4) is 11.8 Å². The average Bonchev–Trinajstić information content (AvgIpc) is 2.15. The van der Waals surface area contributed by atoms with Gasteiger partial charge in [-0.15, -0.1) is 0 Å². The van der Waals surface area contributed by atoms with Crippen LogP contribution in [0.1, 0.15) is 12.5 Å². The van der Waals surface area contributed by atoms with Crippen LogP contribution in [0.3, 0.4) is 0 Å². The molecule has 1 aromatic rings. The number of nitro benzene ring substituents is 1. The lowest BCUT2D eigenvalue weighted by atomic mass is 10.2. The first-order valence-electron chi connectivity index (χ1n) is 4.03. The highest BCUT2D eigenvalue weighted by Gasteiger charge is 2.02. The second-order valence-corrected chi connectivity index (χ2v) is 2.75. The predicted octanol–water partition coefficient (Wildman–Crippen LogP) is 1.33. The van der Waals surface area contributed by atoms with E-state index >= 15 is 0 Å². The number of nitro groups is 1. The highest BCUT2D eigenvalue weighted by Crippen LogP contribution is 2.10. The molecule has 0 bridgehead atoms. The van der Waals surface area contributed by atoms with E-state index in [-0.39, 0.29) is 5.69 Å². The summed E-state index contributed by atoms with van der Waals surface area (Å²) in [6.07, 6.45) is -0.690. The van der Waals surface area contributed by atoms with Gasteiger partial charge in [0.25, 0.3) is 5.69 Å². The van der Waals surface area contributed by atoms with Gasteiger partial charge in [0.1, 0.15) is 6.10 Å². The van der Waals surface area contributed by atoms with E-state index in [1.54, 1.807) is 19.1 Å². The Morgan fingerprint density at radius 1 is 1.43 bits per heavy atom. The second-order valence-electron chi connectivity index (χ2n) is 2.75. The summed E-state index contributed by atoms with van der Waals surface area (Å²) in [7, 11) is 0. The molecule has 0 saturated carbocycles. The highest BCUT2D eigenvalue weighted by atomic mass is 16.6. The van der Waals surface area contributed by atoms with Crippen molar-refractivity contribution in [2.24, 2.45) is 0 Å². The Hall–Kier alpha value is -1.86. The fraction of sp³-hybridized carbons (Fsp3) is 0.200. The van der Waals surface area contributed by atoms with E-state index < -0.39 is 11.0 Å². The molecule has 0 spiro atoms. The first-order chi connectivity index (χ1) is 6.59. The normalized spacial score (nSPS) is 11.3. The first-order valence-corrected chi connectivity index (χ1v) is 4.03. The molecule has 4 heteroatoms. The topological polar surface area (TPSA) is 63.4 Å². The summed E-state index contributed by atoms with van der Waals surface area (Å²) in [6.45, 7) is 1.55. The predicted molar refractivity (Wildman–Crippen MR) is 51.7 cm³/mol. The molecule has 0 fully saturated rings. The van der Waals surface area contributed by atoms with Crippen molar-refractivity contribution in [3.63, 3.8) is 0 Å². The van der Waals surface area contributed by atoms with Gasteiger partial charge in [-0.3, -0.25) is 10.1 Å². The smallest absolute Gasteiger partial charge is 0.269 e. The van der Waals surface area contributed by atoms with Crippen LogP contribution in [0.2, 0.25) is 0 Å². The molecule has 1 atom stereocenters. The van der Waals surface area contributed by atoms with E-state index in [4.69, 9.17) is 5.11 Å². The van der Waals surface area contributed by atoms with Crippen LogP contribution in [-0.4, -0.2) is 16.1 Å². The van der Waals surface area contributed by atoms with Crippen molar-refractivity contribution >= 4 is 5.69 Å². The van der Waals surface area contributed by atoms with Crippen LogP contribution in [0.15, 0.2) is 24.3 Å². The third kappa shape index (κ3) is 2.88. The van der Waals surface area contributed by atoms with Crippen molar-refractivity contribution in [2.45, 2.75) is 13.0 Å². The number of hydrogen-bond acceptors (Lipinski definition) is 3. The number of rotatable bonds is 1. The van der Waals surface area contributed by atoms with Crippen molar-refractivity contribution in [1.29, 1.82) is 0 Å². The Morgan fingerprint density at radius 2 is 2.00 bits per heavy atom. The highest BCUT2D eigenvalue weighted by molar-refractivity contribution is 5.41. The molecular formula is C10H9NO3. The fourth-order valence-electron chi connectivity index (χ4n) is 0.854. The lowest BCUT2D eigenvalue weighted by molar-refractivity contribution is -0.384. The molecule has 14 heavy (non-hydrogen) atoms. The zero-order valence-corrected chi connectivity index (χ0v) is 7.60.